The summed E-state index contributed by atoms with van der Waals surface area (Å²) in [4.78, 5) is 8.44. The van der Waals surface area contributed by atoms with Crippen LogP contribution in [0.15, 0.2) is 47.9 Å². The Morgan fingerprint density at radius 3 is 2.94 bits per heavy atom. The number of aromatic nitrogens is 4. The maximum Gasteiger partial charge on any atom is 0.253 e. The highest BCUT2D eigenvalue weighted by Gasteiger charge is 2.06. The fraction of sp³-hybridized carbons (Fsp3) is 0.0833. The van der Waals surface area contributed by atoms with Crippen LogP contribution in [0.1, 0.15) is 5.56 Å². The van der Waals surface area contributed by atoms with Gasteiger partial charge in [-0.25, -0.2) is 9.50 Å². The lowest BCUT2D eigenvalue weighted by molar-refractivity contribution is 0.879. The Balaban J connectivity index is 1.79. The van der Waals surface area contributed by atoms with E-state index >= 15 is 0 Å². The minimum atomic E-state index is 0.610. The molecule has 0 aliphatic carbocycles. The average Bonchev–Trinajstić information content (AvgIpc) is 2.80. The number of rotatable bonds is 3. The highest BCUT2D eigenvalue weighted by atomic mass is 35.5. The van der Waals surface area contributed by atoms with Crippen molar-refractivity contribution in [2.75, 3.05) is 0 Å². The van der Waals surface area contributed by atoms with Crippen LogP contribution in [0.4, 0.5) is 0 Å². The minimum Gasteiger partial charge on any atom is -0.220 e. The molecule has 0 amide bonds. The lowest BCUT2D eigenvalue weighted by Crippen LogP contribution is -1.87. The molecule has 0 bridgehead atoms. The van der Waals surface area contributed by atoms with Crippen LogP contribution >= 0.6 is 23.4 Å². The molecule has 4 nitrogen and oxygen atoms in total. The molecule has 0 unspecified atom stereocenters. The Kier molecular flexibility index (Phi) is 3.17. The molecular formula is C12H9ClN4S. The van der Waals surface area contributed by atoms with Crippen molar-refractivity contribution in [3.8, 4) is 0 Å². The smallest absolute Gasteiger partial charge is 0.220 e. The standard InChI is InChI=1S/C12H9ClN4S/c13-10-5-2-1-4-9(10)8-18-12-15-11-14-6-3-7-17(11)16-12/h1-7H,8H2. The predicted molar refractivity (Wildman–Crippen MR) is 71.8 cm³/mol. The van der Waals surface area contributed by atoms with E-state index in [1.807, 2.05) is 36.5 Å². The number of hydrogen-bond acceptors (Lipinski definition) is 4. The molecule has 90 valence electrons. The molecule has 0 aliphatic rings. The normalized spacial score (nSPS) is 10.9. The average molecular weight is 277 g/mol. The first-order chi connectivity index (χ1) is 8.83. The fourth-order valence-corrected chi connectivity index (χ4v) is 2.64. The molecule has 18 heavy (non-hydrogen) atoms. The van der Waals surface area contributed by atoms with Gasteiger partial charge in [0.05, 0.1) is 0 Å². The zero-order valence-corrected chi connectivity index (χ0v) is 10.9. The summed E-state index contributed by atoms with van der Waals surface area (Å²) in [5.41, 5.74) is 1.08. The Morgan fingerprint density at radius 2 is 2.11 bits per heavy atom. The van der Waals surface area contributed by atoms with Gasteiger partial charge < -0.3 is 0 Å². The summed E-state index contributed by atoms with van der Waals surface area (Å²) >= 11 is 7.64. The number of thioether (sulfide) groups is 1. The van der Waals surface area contributed by atoms with Crippen LogP contribution in [0.5, 0.6) is 0 Å². The maximum absolute atomic E-state index is 6.10. The Hall–Kier alpha value is -1.59. The Morgan fingerprint density at radius 1 is 1.22 bits per heavy atom. The van der Waals surface area contributed by atoms with Gasteiger partial charge >= 0.3 is 0 Å². The summed E-state index contributed by atoms with van der Waals surface area (Å²) in [6, 6.07) is 9.60. The van der Waals surface area contributed by atoms with Gasteiger partial charge in [-0.3, -0.25) is 0 Å². The molecule has 1 aromatic carbocycles. The highest BCUT2D eigenvalue weighted by Crippen LogP contribution is 2.24. The van der Waals surface area contributed by atoms with Crippen molar-refractivity contribution in [1.82, 2.24) is 19.6 Å². The van der Waals surface area contributed by atoms with Gasteiger partial charge in [0.2, 0.25) is 5.16 Å². The van der Waals surface area contributed by atoms with E-state index in [4.69, 9.17) is 11.6 Å². The number of nitrogens with zero attached hydrogens (tertiary/aromatic N) is 4. The Labute approximate surface area is 113 Å². The molecule has 2 aromatic heterocycles. The van der Waals surface area contributed by atoms with E-state index in [0.717, 1.165) is 16.3 Å². The lowest BCUT2D eigenvalue weighted by atomic mass is 10.2. The maximum atomic E-state index is 6.10. The number of hydrogen-bond donors (Lipinski definition) is 0. The third-order valence-electron chi connectivity index (χ3n) is 2.41. The first kappa shape index (κ1) is 11.5. The molecule has 0 fully saturated rings. The molecule has 6 heteroatoms. The van der Waals surface area contributed by atoms with Gasteiger partial charge in [-0.1, -0.05) is 41.6 Å². The van der Waals surface area contributed by atoms with Crippen molar-refractivity contribution in [3.63, 3.8) is 0 Å². The number of halogens is 1. The third-order valence-corrected chi connectivity index (χ3v) is 3.67. The van der Waals surface area contributed by atoms with E-state index in [0.29, 0.717) is 10.9 Å². The van der Waals surface area contributed by atoms with Gasteiger partial charge in [0.25, 0.3) is 5.78 Å². The first-order valence-corrected chi connectivity index (χ1v) is 6.73. The molecule has 0 radical (unpaired) electrons. The lowest BCUT2D eigenvalue weighted by Gasteiger charge is -2.00. The highest BCUT2D eigenvalue weighted by molar-refractivity contribution is 7.98. The molecule has 0 saturated carbocycles. The second-order valence-corrected chi connectivity index (χ2v) is 4.99. The topological polar surface area (TPSA) is 43.1 Å². The quantitative estimate of drug-likeness (QED) is 0.690. The molecule has 2 heterocycles. The van der Waals surface area contributed by atoms with Crippen molar-refractivity contribution in [2.45, 2.75) is 10.9 Å². The Bertz CT molecular complexity index is 649. The van der Waals surface area contributed by atoms with E-state index in [2.05, 4.69) is 15.1 Å². The van der Waals surface area contributed by atoms with Gasteiger partial charge in [0.1, 0.15) is 0 Å². The molecule has 0 N–H and O–H groups in total. The molecule has 0 atom stereocenters. The summed E-state index contributed by atoms with van der Waals surface area (Å²) in [6.07, 6.45) is 3.53. The van der Waals surface area contributed by atoms with Crippen LogP contribution in [0.25, 0.3) is 5.78 Å². The minimum absolute atomic E-state index is 0.610. The van der Waals surface area contributed by atoms with Crippen LogP contribution in [-0.4, -0.2) is 19.6 Å². The zero-order chi connectivity index (χ0) is 12.4. The van der Waals surface area contributed by atoms with E-state index in [1.165, 1.54) is 0 Å². The largest absolute Gasteiger partial charge is 0.253 e. The molecule has 3 rings (SSSR count). The van der Waals surface area contributed by atoms with Crippen molar-refractivity contribution in [1.29, 1.82) is 0 Å². The third kappa shape index (κ3) is 2.32. The SMILES string of the molecule is Clc1ccccc1CSc1nc2ncccn2n1. The van der Waals surface area contributed by atoms with Gasteiger partial charge in [-0.2, -0.15) is 4.98 Å². The van der Waals surface area contributed by atoms with Crippen molar-refractivity contribution in [3.05, 3.63) is 53.3 Å². The van der Waals surface area contributed by atoms with Crippen molar-refractivity contribution < 1.29 is 0 Å². The van der Waals surface area contributed by atoms with Crippen LogP contribution in [-0.2, 0) is 5.75 Å². The van der Waals surface area contributed by atoms with Gasteiger partial charge in [-0.05, 0) is 17.7 Å². The van der Waals surface area contributed by atoms with E-state index in [-0.39, 0.29) is 0 Å². The molecular weight excluding hydrogens is 268 g/mol. The summed E-state index contributed by atoms with van der Waals surface area (Å²) < 4.78 is 1.66. The van der Waals surface area contributed by atoms with Crippen molar-refractivity contribution in [2.24, 2.45) is 0 Å². The van der Waals surface area contributed by atoms with Crippen LogP contribution in [0.2, 0.25) is 5.02 Å². The summed E-state index contributed by atoms with van der Waals surface area (Å²) in [7, 11) is 0. The van der Waals surface area contributed by atoms with E-state index in [9.17, 15) is 0 Å². The van der Waals surface area contributed by atoms with Crippen LogP contribution in [0.3, 0.4) is 0 Å². The van der Waals surface area contributed by atoms with Gasteiger partial charge in [0, 0.05) is 23.2 Å². The van der Waals surface area contributed by atoms with Crippen molar-refractivity contribution >= 4 is 29.1 Å². The summed E-state index contributed by atoms with van der Waals surface area (Å²) in [5, 5.41) is 5.79. The van der Waals surface area contributed by atoms with Crippen LogP contribution in [0, 0.1) is 0 Å². The second kappa shape index (κ2) is 4.96. The fourth-order valence-electron chi connectivity index (χ4n) is 1.53. The molecule has 0 aliphatic heterocycles. The summed E-state index contributed by atoms with van der Waals surface area (Å²) in [6.45, 7) is 0. The van der Waals surface area contributed by atoms with E-state index < -0.39 is 0 Å². The molecule has 0 saturated heterocycles. The first-order valence-electron chi connectivity index (χ1n) is 5.36. The predicted octanol–water partition coefficient (Wildman–Crippen LogP) is 3.07. The zero-order valence-electron chi connectivity index (χ0n) is 9.32. The van der Waals surface area contributed by atoms with Gasteiger partial charge in [0.15, 0.2) is 0 Å². The van der Waals surface area contributed by atoms with Gasteiger partial charge in [-0.15, -0.1) is 5.10 Å². The molecule has 0 spiro atoms. The number of fused-ring (bicyclic) bond motifs is 1. The van der Waals surface area contributed by atoms with Crippen LogP contribution < -0.4 is 0 Å². The van der Waals surface area contributed by atoms with E-state index in [1.54, 1.807) is 22.5 Å². The number of benzene rings is 1. The molecule has 3 aromatic rings. The second-order valence-electron chi connectivity index (χ2n) is 3.64. The monoisotopic (exact) mass is 276 g/mol. The summed E-state index contributed by atoms with van der Waals surface area (Å²) in [5.74, 6) is 1.36.